The van der Waals surface area contributed by atoms with E-state index in [1.807, 2.05) is 0 Å². The Morgan fingerprint density at radius 2 is 2.10 bits per heavy atom. The highest BCUT2D eigenvalue weighted by Gasteiger charge is 2.17. The molecule has 0 bridgehead atoms. The summed E-state index contributed by atoms with van der Waals surface area (Å²) in [5, 5.41) is 2.94. The minimum Gasteiger partial charge on any atom is -0.493 e. The molecule has 1 N–H and O–H groups in total. The third-order valence-electron chi connectivity index (χ3n) is 3.40. The highest BCUT2D eigenvalue weighted by atomic mass is 16.5. The lowest BCUT2D eigenvalue weighted by Crippen LogP contribution is -2.36. The van der Waals surface area contributed by atoms with Crippen LogP contribution in [0.3, 0.4) is 0 Å². The lowest BCUT2D eigenvalue weighted by Gasteiger charge is -2.14. The number of benzene rings is 1. The van der Waals surface area contributed by atoms with Gasteiger partial charge in [-0.25, -0.2) is 0 Å². The summed E-state index contributed by atoms with van der Waals surface area (Å²) in [6.45, 7) is -0.0742. The lowest BCUT2D eigenvalue weighted by atomic mass is 10.2. The van der Waals surface area contributed by atoms with Crippen molar-refractivity contribution in [2.45, 2.75) is 31.7 Å². The van der Waals surface area contributed by atoms with Crippen LogP contribution in [0.2, 0.25) is 0 Å². The van der Waals surface area contributed by atoms with E-state index in [0.29, 0.717) is 17.1 Å². The fraction of sp³-hybridized carbons (Fsp3) is 0.467. The van der Waals surface area contributed by atoms with Gasteiger partial charge in [0.1, 0.15) is 6.29 Å². The van der Waals surface area contributed by atoms with E-state index >= 15 is 0 Å². The van der Waals surface area contributed by atoms with Crippen molar-refractivity contribution in [3.8, 4) is 11.5 Å². The number of aldehydes is 1. The van der Waals surface area contributed by atoms with E-state index in [-0.39, 0.29) is 18.6 Å². The van der Waals surface area contributed by atoms with E-state index in [9.17, 15) is 9.59 Å². The number of nitrogens with one attached hydrogen (secondary N) is 1. The lowest BCUT2D eigenvalue weighted by molar-refractivity contribution is -0.123. The quantitative estimate of drug-likeness (QED) is 0.807. The van der Waals surface area contributed by atoms with Crippen molar-refractivity contribution in [3.63, 3.8) is 0 Å². The van der Waals surface area contributed by atoms with Crippen LogP contribution in [0, 0.1) is 0 Å². The molecule has 1 aliphatic rings. The minimum absolute atomic E-state index is 0.0742. The zero-order valence-electron chi connectivity index (χ0n) is 11.6. The summed E-state index contributed by atoms with van der Waals surface area (Å²) in [5.41, 5.74) is 0.483. The molecule has 1 amide bonds. The Kier molecular flexibility index (Phi) is 4.98. The monoisotopic (exact) mass is 277 g/mol. The summed E-state index contributed by atoms with van der Waals surface area (Å²) in [6, 6.07) is 5.12. The van der Waals surface area contributed by atoms with Crippen molar-refractivity contribution < 1.29 is 19.1 Å². The molecule has 0 aromatic heterocycles. The maximum atomic E-state index is 11.8. The number of amides is 1. The van der Waals surface area contributed by atoms with Crippen LogP contribution in [0.1, 0.15) is 36.0 Å². The number of ether oxygens (including phenoxy) is 2. The summed E-state index contributed by atoms with van der Waals surface area (Å²) in [4.78, 5) is 22.5. The van der Waals surface area contributed by atoms with Gasteiger partial charge < -0.3 is 14.8 Å². The average molecular weight is 277 g/mol. The van der Waals surface area contributed by atoms with Crippen molar-refractivity contribution >= 4 is 12.2 Å². The number of hydrogen-bond acceptors (Lipinski definition) is 4. The highest BCUT2D eigenvalue weighted by molar-refractivity contribution is 5.79. The molecule has 0 heterocycles. The first kappa shape index (κ1) is 14.4. The van der Waals surface area contributed by atoms with Crippen LogP contribution < -0.4 is 14.8 Å². The van der Waals surface area contributed by atoms with Crippen molar-refractivity contribution in [2.24, 2.45) is 0 Å². The fourth-order valence-corrected chi connectivity index (χ4v) is 2.36. The summed E-state index contributed by atoms with van der Waals surface area (Å²) >= 11 is 0. The van der Waals surface area contributed by atoms with Crippen LogP contribution in [0.5, 0.6) is 11.5 Å². The van der Waals surface area contributed by atoms with Crippen molar-refractivity contribution in [3.05, 3.63) is 23.8 Å². The second kappa shape index (κ2) is 6.93. The number of rotatable bonds is 6. The predicted molar refractivity (Wildman–Crippen MR) is 74.3 cm³/mol. The van der Waals surface area contributed by atoms with Gasteiger partial charge in [-0.2, -0.15) is 0 Å². The first-order valence-corrected chi connectivity index (χ1v) is 6.78. The van der Waals surface area contributed by atoms with Crippen molar-refractivity contribution in [1.29, 1.82) is 0 Å². The standard InChI is InChI=1S/C15H19NO4/c1-19-13-7-6-11(9-17)8-14(13)20-10-15(18)16-12-4-2-3-5-12/h6-9,12H,2-5,10H2,1H3,(H,16,18). The largest absolute Gasteiger partial charge is 0.493 e. The smallest absolute Gasteiger partial charge is 0.258 e. The summed E-state index contributed by atoms with van der Waals surface area (Å²) in [7, 11) is 1.52. The summed E-state index contributed by atoms with van der Waals surface area (Å²) in [5.74, 6) is 0.762. The molecule has 1 aliphatic carbocycles. The Morgan fingerprint density at radius 3 is 2.75 bits per heavy atom. The molecule has 108 valence electrons. The number of carbonyl (C=O) groups is 2. The second-order valence-corrected chi connectivity index (χ2v) is 4.87. The number of hydrogen-bond donors (Lipinski definition) is 1. The molecule has 5 nitrogen and oxygen atoms in total. The third-order valence-corrected chi connectivity index (χ3v) is 3.40. The molecular weight excluding hydrogens is 258 g/mol. The van der Waals surface area contributed by atoms with E-state index in [1.54, 1.807) is 18.2 Å². The average Bonchev–Trinajstić information content (AvgIpc) is 2.97. The first-order chi connectivity index (χ1) is 9.72. The van der Waals surface area contributed by atoms with Crippen LogP contribution in [0.25, 0.3) is 0 Å². The molecular formula is C15H19NO4. The van der Waals surface area contributed by atoms with Crippen molar-refractivity contribution in [1.82, 2.24) is 5.32 Å². The van der Waals surface area contributed by atoms with Gasteiger partial charge in [0.15, 0.2) is 18.1 Å². The maximum absolute atomic E-state index is 11.8. The van der Waals surface area contributed by atoms with Crippen LogP contribution in [-0.4, -0.2) is 32.0 Å². The molecule has 1 fully saturated rings. The number of methoxy groups -OCH3 is 1. The predicted octanol–water partition coefficient (Wildman–Crippen LogP) is 1.95. The van der Waals surface area contributed by atoms with Gasteiger partial charge in [-0.15, -0.1) is 0 Å². The van der Waals surface area contributed by atoms with Gasteiger partial charge in [0.2, 0.25) is 0 Å². The molecule has 0 radical (unpaired) electrons. The Hall–Kier alpha value is -2.04. The van der Waals surface area contributed by atoms with E-state index < -0.39 is 0 Å². The van der Waals surface area contributed by atoms with Crippen LogP contribution in [0.15, 0.2) is 18.2 Å². The molecule has 0 atom stereocenters. The Bertz CT molecular complexity index is 481. The molecule has 1 aromatic rings. The molecule has 0 spiro atoms. The van der Waals surface area contributed by atoms with E-state index in [4.69, 9.17) is 9.47 Å². The van der Waals surface area contributed by atoms with E-state index in [0.717, 1.165) is 19.1 Å². The van der Waals surface area contributed by atoms with Gasteiger partial charge in [-0.1, -0.05) is 12.8 Å². The molecule has 0 saturated heterocycles. The fourth-order valence-electron chi connectivity index (χ4n) is 2.36. The zero-order chi connectivity index (χ0) is 14.4. The van der Waals surface area contributed by atoms with Gasteiger partial charge in [0.25, 0.3) is 5.91 Å². The normalized spacial score (nSPS) is 14.8. The van der Waals surface area contributed by atoms with Crippen LogP contribution >= 0.6 is 0 Å². The molecule has 0 aliphatic heterocycles. The van der Waals surface area contributed by atoms with Gasteiger partial charge >= 0.3 is 0 Å². The molecule has 5 heteroatoms. The maximum Gasteiger partial charge on any atom is 0.258 e. The Balaban J connectivity index is 1.91. The first-order valence-electron chi connectivity index (χ1n) is 6.78. The molecule has 1 saturated carbocycles. The topological polar surface area (TPSA) is 64.6 Å². The van der Waals surface area contributed by atoms with E-state index in [2.05, 4.69) is 5.32 Å². The van der Waals surface area contributed by atoms with Gasteiger partial charge in [-0.3, -0.25) is 9.59 Å². The van der Waals surface area contributed by atoms with Gasteiger partial charge in [0, 0.05) is 11.6 Å². The van der Waals surface area contributed by atoms with Gasteiger partial charge in [0.05, 0.1) is 7.11 Å². The van der Waals surface area contributed by atoms with Crippen molar-refractivity contribution in [2.75, 3.05) is 13.7 Å². The third kappa shape index (κ3) is 3.73. The molecule has 0 unspecified atom stereocenters. The summed E-state index contributed by atoms with van der Waals surface area (Å²) < 4.78 is 10.6. The zero-order valence-corrected chi connectivity index (χ0v) is 11.6. The van der Waals surface area contributed by atoms with E-state index in [1.165, 1.54) is 20.0 Å². The van der Waals surface area contributed by atoms with Crippen LogP contribution in [0.4, 0.5) is 0 Å². The van der Waals surface area contributed by atoms with Gasteiger partial charge in [-0.05, 0) is 31.0 Å². The highest BCUT2D eigenvalue weighted by Crippen LogP contribution is 2.27. The van der Waals surface area contributed by atoms with Crippen LogP contribution in [-0.2, 0) is 4.79 Å². The second-order valence-electron chi connectivity index (χ2n) is 4.87. The number of carbonyl (C=O) groups excluding carboxylic acids is 2. The summed E-state index contributed by atoms with van der Waals surface area (Å²) in [6.07, 6.45) is 5.14. The minimum atomic E-state index is -0.143. The molecule has 1 aromatic carbocycles. The molecule has 20 heavy (non-hydrogen) atoms. The Labute approximate surface area is 118 Å². The molecule has 2 rings (SSSR count). The Morgan fingerprint density at radius 1 is 1.35 bits per heavy atom. The SMILES string of the molecule is COc1ccc(C=O)cc1OCC(=O)NC1CCCC1.